The number of likely N-dealkylation sites (N-methyl/N-ethyl adjacent to an activating group) is 1. The SMILES string of the molecule is C#CCN(CC)C(=O)[C@H](N)CC. The minimum absolute atomic E-state index is 0.0575. The maximum absolute atomic E-state index is 11.4. The smallest absolute Gasteiger partial charge is 0.240 e. The van der Waals surface area contributed by atoms with Gasteiger partial charge in [-0.05, 0) is 13.3 Å². The summed E-state index contributed by atoms with van der Waals surface area (Å²) in [6, 6.07) is -0.404. The third kappa shape index (κ3) is 2.93. The molecule has 0 fully saturated rings. The van der Waals surface area contributed by atoms with Crippen molar-refractivity contribution in [3.63, 3.8) is 0 Å². The Morgan fingerprint density at radius 3 is 2.58 bits per heavy atom. The van der Waals surface area contributed by atoms with Crippen LogP contribution >= 0.6 is 0 Å². The molecule has 3 heteroatoms. The van der Waals surface area contributed by atoms with E-state index >= 15 is 0 Å². The van der Waals surface area contributed by atoms with Crippen LogP contribution in [0.25, 0.3) is 0 Å². The molecule has 0 unspecified atom stereocenters. The first-order chi connectivity index (χ1) is 5.67. The maximum atomic E-state index is 11.4. The zero-order chi connectivity index (χ0) is 9.56. The van der Waals surface area contributed by atoms with E-state index in [0.29, 0.717) is 19.5 Å². The van der Waals surface area contributed by atoms with Crippen LogP contribution in [0.4, 0.5) is 0 Å². The molecule has 0 spiro atoms. The van der Waals surface area contributed by atoms with Gasteiger partial charge < -0.3 is 10.6 Å². The van der Waals surface area contributed by atoms with E-state index < -0.39 is 6.04 Å². The van der Waals surface area contributed by atoms with Crippen molar-refractivity contribution in [2.45, 2.75) is 26.3 Å². The lowest BCUT2D eigenvalue weighted by Crippen LogP contribution is -2.43. The average molecular weight is 168 g/mol. The van der Waals surface area contributed by atoms with Crippen LogP contribution in [0.15, 0.2) is 0 Å². The minimum atomic E-state index is -0.404. The van der Waals surface area contributed by atoms with Crippen molar-refractivity contribution in [1.29, 1.82) is 0 Å². The molecule has 0 saturated carbocycles. The standard InChI is InChI=1S/C9H16N2O/c1-4-7-11(6-3)9(12)8(10)5-2/h1,8H,5-7,10H2,2-3H3/t8-/m1/s1. The largest absolute Gasteiger partial charge is 0.330 e. The number of carbonyl (C=O) groups is 1. The van der Waals surface area contributed by atoms with Crippen molar-refractivity contribution < 1.29 is 4.79 Å². The molecule has 0 aliphatic carbocycles. The lowest BCUT2D eigenvalue weighted by Gasteiger charge is -2.21. The Kier molecular flexibility index (Phi) is 5.14. The van der Waals surface area contributed by atoms with Gasteiger partial charge in [-0.3, -0.25) is 4.79 Å². The second-order valence-electron chi connectivity index (χ2n) is 2.57. The molecule has 2 N–H and O–H groups in total. The summed E-state index contributed by atoms with van der Waals surface area (Å²) in [4.78, 5) is 13.0. The molecule has 0 radical (unpaired) electrons. The Morgan fingerprint density at radius 2 is 2.25 bits per heavy atom. The minimum Gasteiger partial charge on any atom is -0.330 e. The van der Waals surface area contributed by atoms with Gasteiger partial charge in [0.1, 0.15) is 0 Å². The monoisotopic (exact) mass is 168 g/mol. The Balaban J connectivity index is 4.13. The van der Waals surface area contributed by atoms with Crippen LogP contribution in [0.3, 0.4) is 0 Å². The second kappa shape index (κ2) is 5.62. The van der Waals surface area contributed by atoms with Crippen molar-refractivity contribution in [3.8, 4) is 12.3 Å². The molecule has 0 aliphatic rings. The van der Waals surface area contributed by atoms with Crippen LogP contribution in [-0.2, 0) is 4.79 Å². The predicted octanol–water partition coefficient (Wildman–Crippen LogP) is 0.205. The number of amides is 1. The lowest BCUT2D eigenvalue weighted by molar-refractivity contribution is -0.131. The van der Waals surface area contributed by atoms with Gasteiger partial charge in [-0.15, -0.1) is 6.42 Å². The summed E-state index contributed by atoms with van der Waals surface area (Å²) in [7, 11) is 0. The van der Waals surface area contributed by atoms with Gasteiger partial charge >= 0.3 is 0 Å². The molecule has 3 nitrogen and oxygen atoms in total. The molecule has 12 heavy (non-hydrogen) atoms. The fraction of sp³-hybridized carbons (Fsp3) is 0.667. The normalized spacial score (nSPS) is 11.8. The molecule has 0 rings (SSSR count). The van der Waals surface area contributed by atoms with Crippen molar-refractivity contribution in [2.24, 2.45) is 5.73 Å². The van der Waals surface area contributed by atoms with E-state index in [0.717, 1.165) is 0 Å². The van der Waals surface area contributed by atoms with Gasteiger partial charge in [-0.2, -0.15) is 0 Å². The summed E-state index contributed by atoms with van der Waals surface area (Å²) >= 11 is 0. The van der Waals surface area contributed by atoms with Gasteiger partial charge in [0, 0.05) is 6.54 Å². The summed E-state index contributed by atoms with van der Waals surface area (Å²) in [5.74, 6) is 2.37. The molecular weight excluding hydrogens is 152 g/mol. The van der Waals surface area contributed by atoms with Crippen LogP contribution in [-0.4, -0.2) is 29.9 Å². The highest BCUT2D eigenvalue weighted by atomic mass is 16.2. The fourth-order valence-electron chi connectivity index (χ4n) is 0.865. The topological polar surface area (TPSA) is 46.3 Å². The molecule has 0 aromatic carbocycles. The van der Waals surface area contributed by atoms with Crippen molar-refractivity contribution >= 4 is 5.91 Å². The number of terminal acetylenes is 1. The van der Waals surface area contributed by atoms with Gasteiger partial charge in [-0.25, -0.2) is 0 Å². The summed E-state index contributed by atoms with van der Waals surface area (Å²) in [5, 5.41) is 0. The highest BCUT2D eigenvalue weighted by Gasteiger charge is 2.16. The second-order valence-corrected chi connectivity index (χ2v) is 2.57. The Bertz CT molecular complexity index is 183. The molecule has 1 atom stereocenters. The van der Waals surface area contributed by atoms with Crippen molar-refractivity contribution in [3.05, 3.63) is 0 Å². The molecule has 0 heterocycles. The molecule has 0 aromatic heterocycles. The van der Waals surface area contributed by atoms with E-state index in [4.69, 9.17) is 12.2 Å². The highest BCUT2D eigenvalue weighted by Crippen LogP contribution is 1.95. The zero-order valence-corrected chi connectivity index (χ0v) is 7.71. The van der Waals surface area contributed by atoms with Gasteiger partial charge in [0.25, 0.3) is 0 Å². The summed E-state index contributed by atoms with van der Waals surface area (Å²) in [5.41, 5.74) is 5.56. The number of hydrogen-bond donors (Lipinski definition) is 1. The van der Waals surface area contributed by atoms with Crippen LogP contribution in [0.1, 0.15) is 20.3 Å². The third-order valence-corrected chi connectivity index (χ3v) is 1.73. The Hall–Kier alpha value is -1.01. The van der Waals surface area contributed by atoms with Crippen LogP contribution < -0.4 is 5.73 Å². The lowest BCUT2D eigenvalue weighted by atomic mass is 10.2. The summed E-state index contributed by atoms with van der Waals surface area (Å²) in [6.07, 6.45) is 5.75. The average Bonchev–Trinajstić information content (AvgIpc) is 2.11. The highest BCUT2D eigenvalue weighted by molar-refractivity contribution is 5.81. The zero-order valence-electron chi connectivity index (χ0n) is 7.71. The van der Waals surface area contributed by atoms with Gasteiger partial charge in [0.05, 0.1) is 12.6 Å². The molecule has 0 saturated heterocycles. The summed E-state index contributed by atoms with van der Waals surface area (Å²) in [6.45, 7) is 4.74. The quantitative estimate of drug-likeness (QED) is 0.610. The first kappa shape index (κ1) is 11.0. The van der Waals surface area contributed by atoms with E-state index in [1.54, 1.807) is 4.90 Å². The fourth-order valence-corrected chi connectivity index (χ4v) is 0.865. The number of nitrogens with two attached hydrogens (primary N) is 1. The number of nitrogens with zero attached hydrogens (tertiary/aromatic N) is 1. The Labute approximate surface area is 73.9 Å². The van der Waals surface area contributed by atoms with E-state index in [1.807, 2.05) is 13.8 Å². The number of hydrogen-bond acceptors (Lipinski definition) is 2. The van der Waals surface area contributed by atoms with Gasteiger partial charge in [0.15, 0.2) is 0 Å². The maximum Gasteiger partial charge on any atom is 0.240 e. The van der Waals surface area contributed by atoms with Gasteiger partial charge in [-0.1, -0.05) is 12.8 Å². The number of rotatable bonds is 4. The van der Waals surface area contributed by atoms with Gasteiger partial charge in [0.2, 0.25) is 5.91 Å². The number of carbonyl (C=O) groups excluding carboxylic acids is 1. The van der Waals surface area contributed by atoms with E-state index in [9.17, 15) is 4.79 Å². The molecular formula is C9H16N2O. The molecule has 1 amide bonds. The molecule has 68 valence electrons. The first-order valence-corrected chi connectivity index (χ1v) is 4.15. The predicted molar refractivity (Wildman–Crippen MR) is 49.4 cm³/mol. The van der Waals surface area contributed by atoms with Crippen LogP contribution in [0.5, 0.6) is 0 Å². The van der Waals surface area contributed by atoms with Crippen LogP contribution in [0.2, 0.25) is 0 Å². The molecule has 0 bridgehead atoms. The van der Waals surface area contributed by atoms with Crippen LogP contribution in [0, 0.1) is 12.3 Å². The molecule has 0 aromatic rings. The molecule has 0 aliphatic heterocycles. The van der Waals surface area contributed by atoms with E-state index in [1.165, 1.54) is 0 Å². The van der Waals surface area contributed by atoms with Crippen molar-refractivity contribution in [1.82, 2.24) is 4.90 Å². The van der Waals surface area contributed by atoms with E-state index in [2.05, 4.69) is 5.92 Å². The first-order valence-electron chi connectivity index (χ1n) is 4.15. The summed E-state index contributed by atoms with van der Waals surface area (Å²) < 4.78 is 0. The third-order valence-electron chi connectivity index (χ3n) is 1.73. The Morgan fingerprint density at radius 1 is 1.67 bits per heavy atom. The van der Waals surface area contributed by atoms with Crippen molar-refractivity contribution in [2.75, 3.05) is 13.1 Å². The van der Waals surface area contributed by atoms with E-state index in [-0.39, 0.29) is 5.91 Å².